The van der Waals surface area contributed by atoms with Gasteiger partial charge in [-0.15, -0.1) is 0 Å². The van der Waals surface area contributed by atoms with Crippen molar-refractivity contribution in [2.45, 2.75) is 33.2 Å². The van der Waals surface area contributed by atoms with Gasteiger partial charge in [0.05, 0.1) is 7.11 Å². The average Bonchev–Trinajstić information content (AvgIpc) is 2.66. The second-order valence-electron chi connectivity index (χ2n) is 7.51. The molecule has 0 spiro atoms. The van der Waals surface area contributed by atoms with Gasteiger partial charge in [0.25, 0.3) is 0 Å². The van der Waals surface area contributed by atoms with Crippen molar-refractivity contribution in [3.8, 4) is 5.75 Å². The molecule has 0 bridgehead atoms. The number of piperazine rings is 1. The summed E-state index contributed by atoms with van der Waals surface area (Å²) in [6, 6.07) is 7.75. The Balaban J connectivity index is 1.88. The Hall–Kier alpha value is -1.85. The highest BCUT2D eigenvalue weighted by atomic mass is 16.5. The molecule has 0 saturated carbocycles. The van der Waals surface area contributed by atoms with E-state index in [2.05, 4.69) is 35.9 Å². The minimum Gasteiger partial charge on any atom is -0.497 e. The fourth-order valence-corrected chi connectivity index (χ4v) is 3.27. The van der Waals surface area contributed by atoms with Crippen molar-refractivity contribution in [1.82, 2.24) is 15.1 Å². The topological polar surface area (TPSA) is 44.8 Å². The number of allylic oxidation sites excluding steroid dienone is 1. The minimum atomic E-state index is -0.0443. The Labute approximate surface area is 158 Å². The molecule has 1 heterocycles. The molecule has 0 atom stereocenters. The van der Waals surface area contributed by atoms with Crippen molar-refractivity contribution in [3.05, 3.63) is 35.9 Å². The first-order chi connectivity index (χ1) is 12.4. The molecule has 5 heteroatoms. The lowest BCUT2D eigenvalue weighted by Crippen LogP contribution is -2.58. The van der Waals surface area contributed by atoms with E-state index in [0.717, 1.165) is 49.6 Å². The summed E-state index contributed by atoms with van der Waals surface area (Å²) in [6.45, 7) is 14.6. The van der Waals surface area contributed by atoms with E-state index < -0.39 is 0 Å². The monoisotopic (exact) mass is 359 g/mol. The summed E-state index contributed by atoms with van der Waals surface area (Å²) in [5.74, 6) is 0.773. The smallest absolute Gasteiger partial charge is 0.244 e. The molecule has 1 aliphatic rings. The molecule has 1 saturated heterocycles. The zero-order valence-electron chi connectivity index (χ0n) is 16.8. The number of nitrogens with one attached hydrogen (secondary N) is 1. The van der Waals surface area contributed by atoms with E-state index in [0.29, 0.717) is 6.54 Å². The molecule has 0 unspecified atom stereocenters. The third-order valence-electron chi connectivity index (χ3n) is 5.26. The van der Waals surface area contributed by atoms with E-state index in [-0.39, 0.29) is 11.4 Å². The van der Waals surface area contributed by atoms with Crippen molar-refractivity contribution >= 4 is 11.5 Å². The van der Waals surface area contributed by atoms with Crippen LogP contribution in [0.5, 0.6) is 5.75 Å². The third kappa shape index (κ3) is 5.58. The molecule has 1 amide bonds. The Morgan fingerprint density at radius 3 is 2.35 bits per heavy atom. The zero-order chi connectivity index (χ0) is 19.2. The van der Waals surface area contributed by atoms with Crippen LogP contribution in [0.1, 0.15) is 33.3 Å². The van der Waals surface area contributed by atoms with Gasteiger partial charge >= 0.3 is 0 Å². The number of hydrogen-bond acceptors (Lipinski definition) is 4. The molecule has 1 aromatic carbocycles. The lowest BCUT2D eigenvalue weighted by atomic mass is 10.0. The SMILES string of the molecule is CCN1CCN(C(C)(C)CNC(=O)/C=C(\C)c2ccc(OC)cc2)CC1. The second-order valence-corrected chi connectivity index (χ2v) is 7.51. The summed E-state index contributed by atoms with van der Waals surface area (Å²) in [6.07, 6.45) is 1.67. The number of likely N-dealkylation sites (N-methyl/N-ethyl adjacent to an activating group) is 1. The van der Waals surface area contributed by atoms with Gasteiger partial charge in [0, 0.05) is 44.3 Å². The molecule has 2 rings (SSSR count). The molecular formula is C21H33N3O2. The van der Waals surface area contributed by atoms with Gasteiger partial charge in [-0.05, 0) is 50.6 Å². The number of carbonyl (C=O) groups is 1. The molecule has 144 valence electrons. The number of methoxy groups -OCH3 is 1. The molecule has 26 heavy (non-hydrogen) atoms. The Morgan fingerprint density at radius 2 is 1.81 bits per heavy atom. The second kappa shape index (κ2) is 9.19. The Morgan fingerprint density at radius 1 is 1.19 bits per heavy atom. The maximum Gasteiger partial charge on any atom is 0.244 e. The number of rotatable bonds is 7. The molecule has 0 aromatic heterocycles. The lowest BCUT2D eigenvalue weighted by Gasteiger charge is -2.44. The van der Waals surface area contributed by atoms with Crippen LogP contribution in [0, 0.1) is 0 Å². The van der Waals surface area contributed by atoms with E-state index in [4.69, 9.17) is 4.74 Å². The van der Waals surface area contributed by atoms with Crippen molar-refractivity contribution in [3.63, 3.8) is 0 Å². The van der Waals surface area contributed by atoms with Gasteiger partial charge < -0.3 is 15.0 Å². The molecule has 1 N–H and O–H groups in total. The van der Waals surface area contributed by atoms with Crippen molar-refractivity contribution < 1.29 is 9.53 Å². The largest absolute Gasteiger partial charge is 0.497 e. The van der Waals surface area contributed by atoms with Crippen LogP contribution in [-0.2, 0) is 4.79 Å². The number of nitrogens with zero attached hydrogens (tertiary/aromatic N) is 2. The van der Waals surface area contributed by atoms with Crippen LogP contribution < -0.4 is 10.1 Å². The fourth-order valence-electron chi connectivity index (χ4n) is 3.27. The summed E-state index contributed by atoms with van der Waals surface area (Å²) >= 11 is 0. The number of hydrogen-bond donors (Lipinski definition) is 1. The van der Waals surface area contributed by atoms with Crippen LogP contribution in [0.2, 0.25) is 0 Å². The standard InChI is InChI=1S/C21H33N3O2/c1-6-23-11-13-24(14-12-23)21(3,4)16-22-20(25)15-17(2)18-7-9-19(26-5)10-8-18/h7-10,15H,6,11-14,16H2,1-5H3,(H,22,25)/b17-15+. The summed E-state index contributed by atoms with van der Waals surface area (Å²) in [4.78, 5) is 17.3. The summed E-state index contributed by atoms with van der Waals surface area (Å²) in [7, 11) is 1.65. The molecule has 1 fully saturated rings. The van der Waals surface area contributed by atoms with Gasteiger partial charge in [-0.1, -0.05) is 19.1 Å². The highest BCUT2D eigenvalue weighted by Crippen LogP contribution is 2.19. The van der Waals surface area contributed by atoms with Crippen LogP contribution in [0.3, 0.4) is 0 Å². The third-order valence-corrected chi connectivity index (χ3v) is 5.26. The van der Waals surface area contributed by atoms with Crippen molar-refractivity contribution in [1.29, 1.82) is 0 Å². The van der Waals surface area contributed by atoms with Crippen LogP contribution in [0.4, 0.5) is 0 Å². The first-order valence-corrected chi connectivity index (χ1v) is 9.43. The van der Waals surface area contributed by atoms with E-state index in [1.165, 1.54) is 0 Å². The van der Waals surface area contributed by atoms with Crippen LogP contribution in [0.15, 0.2) is 30.3 Å². The summed E-state index contributed by atoms with van der Waals surface area (Å²) < 4.78 is 5.17. The molecular weight excluding hydrogens is 326 g/mol. The van der Waals surface area contributed by atoms with Crippen molar-refractivity contribution in [2.24, 2.45) is 0 Å². The van der Waals surface area contributed by atoms with Crippen LogP contribution in [0.25, 0.3) is 5.57 Å². The predicted octanol–water partition coefficient (Wildman–Crippen LogP) is 2.63. The van der Waals surface area contributed by atoms with E-state index >= 15 is 0 Å². The maximum atomic E-state index is 12.3. The molecule has 1 aromatic rings. The summed E-state index contributed by atoms with van der Waals surface area (Å²) in [5, 5.41) is 3.07. The molecule has 5 nitrogen and oxygen atoms in total. The highest BCUT2D eigenvalue weighted by molar-refractivity contribution is 5.94. The zero-order valence-corrected chi connectivity index (χ0v) is 16.8. The fraction of sp³-hybridized carbons (Fsp3) is 0.571. The number of benzene rings is 1. The van der Waals surface area contributed by atoms with E-state index in [9.17, 15) is 4.79 Å². The minimum absolute atomic E-state index is 0.0430. The van der Waals surface area contributed by atoms with E-state index in [1.54, 1.807) is 13.2 Å². The van der Waals surface area contributed by atoms with Gasteiger partial charge in [0.15, 0.2) is 0 Å². The van der Waals surface area contributed by atoms with Crippen molar-refractivity contribution in [2.75, 3.05) is 46.4 Å². The Bertz CT molecular complexity index is 615. The predicted molar refractivity (Wildman–Crippen MR) is 107 cm³/mol. The summed E-state index contributed by atoms with van der Waals surface area (Å²) in [5.41, 5.74) is 1.92. The number of carbonyl (C=O) groups excluding carboxylic acids is 1. The van der Waals surface area contributed by atoms with Gasteiger partial charge in [-0.2, -0.15) is 0 Å². The average molecular weight is 360 g/mol. The Kier molecular flexibility index (Phi) is 7.23. The van der Waals surface area contributed by atoms with Gasteiger partial charge in [0.1, 0.15) is 5.75 Å². The first-order valence-electron chi connectivity index (χ1n) is 9.43. The van der Waals surface area contributed by atoms with E-state index in [1.807, 2.05) is 31.2 Å². The van der Waals surface area contributed by atoms with Gasteiger partial charge in [-0.25, -0.2) is 0 Å². The number of ether oxygens (including phenoxy) is 1. The first kappa shape index (κ1) is 20.5. The lowest BCUT2D eigenvalue weighted by molar-refractivity contribution is -0.117. The maximum absolute atomic E-state index is 12.3. The normalized spacial score (nSPS) is 17.2. The van der Waals surface area contributed by atoms with Crippen LogP contribution >= 0.6 is 0 Å². The van der Waals surface area contributed by atoms with Crippen LogP contribution in [-0.4, -0.2) is 67.6 Å². The van der Waals surface area contributed by atoms with Gasteiger partial charge in [0.2, 0.25) is 5.91 Å². The quantitative estimate of drug-likeness (QED) is 0.760. The molecule has 0 radical (unpaired) electrons. The molecule has 1 aliphatic heterocycles. The highest BCUT2D eigenvalue weighted by Gasteiger charge is 2.29. The molecule has 0 aliphatic carbocycles. The van der Waals surface area contributed by atoms with Gasteiger partial charge in [-0.3, -0.25) is 9.69 Å². The number of amides is 1.